The number of benzene rings is 1. The Hall–Kier alpha value is -1.26. The summed E-state index contributed by atoms with van der Waals surface area (Å²) >= 11 is 0. The molecule has 0 spiro atoms. The van der Waals surface area contributed by atoms with Gasteiger partial charge in [-0.3, -0.25) is 4.79 Å². The van der Waals surface area contributed by atoms with Gasteiger partial charge in [0.15, 0.2) is 0 Å². The number of nitrogens with two attached hydrogens (primary N) is 1. The molecule has 4 nitrogen and oxygen atoms in total. The van der Waals surface area contributed by atoms with E-state index in [4.69, 9.17) is 10.5 Å². The molecule has 0 aliphatic heterocycles. The van der Waals surface area contributed by atoms with E-state index in [9.17, 15) is 4.79 Å². The van der Waals surface area contributed by atoms with Crippen molar-refractivity contribution in [3.05, 3.63) is 29.8 Å². The molecule has 0 bridgehead atoms. The molecule has 0 aromatic heterocycles. The van der Waals surface area contributed by atoms with Gasteiger partial charge in [-0.15, -0.1) is 12.4 Å². The van der Waals surface area contributed by atoms with Crippen molar-refractivity contribution in [3.63, 3.8) is 0 Å². The summed E-state index contributed by atoms with van der Waals surface area (Å²) in [5.74, 6) is 0.685. The van der Waals surface area contributed by atoms with E-state index in [0.717, 1.165) is 11.3 Å². The van der Waals surface area contributed by atoms with E-state index < -0.39 is 6.04 Å². The molecule has 0 fully saturated rings. The Bertz CT molecular complexity index is 391. The van der Waals surface area contributed by atoms with E-state index in [-0.39, 0.29) is 30.5 Å². The molecule has 0 aliphatic rings. The molecule has 2 atom stereocenters. The largest absolute Gasteiger partial charge is 0.491 e. The molecule has 3 N–H and O–H groups in total. The minimum Gasteiger partial charge on any atom is -0.491 e. The Morgan fingerprint density at radius 2 is 1.68 bits per heavy atom. The number of carbonyl (C=O) groups excluding carboxylic acids is 1. The molecule has 19 heavy (non-hydrogen) atoms. The minimum atomic E-state index is -0.490. The van der Waals surface area contributed by atoms with Gasteiger partial charge in [-0.2, -0.15) is 0 Å². The lowest BCUT2D eigenvalue weighted by molar-refractivity contribution is -0.122. The molecule has 1 aromatic rings. The van der Waals surface area contributed by atoms with Crippen molar-refractivity contribution in [2.24, 2.45) is 5.73 Å². The van der Waals surface area contributed by atoms with Gasteiger partial charge < -0.3 is 15.8 Å². The highest BCUT2D eigenvalue weighted by molar-refractivity contribution is 5.85. The number of nitrogens with one attached hydrogen (secondary N) is 1. The Morgan fingerprint density at radius 3 is 2.11 bits per heavy atom. The predicted molar refractivity (Wildman–Crippen MR) is 79.7 cm³/mol. The number of halogens is 1. The first-order valence-electron chi connectivity index (χ1n) is 6.22. The number of hydrogen-bond acceptors (Lipinski definition) is 3. The Labute approximate surface area is 121 Å². The molecule has 1 rings (SSSR count). The van der Waals surface area contributed by atoms with E-state index in [1.807, 2.05) is 45.0 Å². The second-order valence-corrected chi connectivity index (χ2v) is 4.75. The normalized spacial score (nSPS) is 13.4. The van der Waals surface area contributed by atoms with Crippen LogP contribution in [0.25, 0.3) is 0 Å². The van der Waals surface area contributed by atoms with Crippen molar-refractivity contribution in [2.45, 2.75) is 45.9 Å². The molecular weight excluding hydrogens is 264 g/mol. The van der Waals surface area contributed by atoms with Crippen molar-refractivity contribution < 1.29 is 9.53 Å². The predicted octanol–water partition coefficient (Wildman–Crippen LogP) is 2.42. The summed E-state index contributed by atoms with van der Waals surface area (Å²) in [6.07, 6.45) is 0.158. The van der Waals surface area contributed by atoms with Gasteiger partial charge >= 0.3 is 0 Å². The highest BCUT2D eigenvalue weighted by Crippen LogP contribution is 2.18. The third-order valence-corrected chi connectivity index (χ3v) is 2.52. The average molecular weight is 287 g/mol. The zero-order valence-corrected chi connectivity index (χ0v) is 12.7. The van der Waals surface area contributed by atoms with Gasteiger partial charge in [0.05, 0.1) is 18.2 Å². The van der Waals surface area contributed by atoms with E-state index in [2.05, 4.69) is 5.32 Å². The van der Waals surface area contributed by atoms with Gasteiger partial charge in [-0.1, -0.05) is 12.1 Å². The van der Waals surface area contributed by atoms with Crippen LogP contribution in [0.1, 0.15) is 39.3 Å². The van der Waals surface area contributed by atoms with Crippen LogP contribution in [0, 0.1) is 0 Å². The summed E-state index contributed by atoms with van der Waals surface area (Å²) in [6, 6.07) is 7.16. The smallest absolute Gasteiger partial charge is 0.237 e. The molecule has 0 aliphatic carbocycles. The fourth-order valence-electron chi connectivity index (χ4n) is 1.54. The molecule has 0 saturated heterocycles. The average Bonchev–Trinajstić information content (AvgIpc) is 2.28. The summed E-state index contributed by atoms with van der Waals surface area (Å²) < 4.78 is 5.56. The molecule has 1 amide bonds. The lowest BCUT2D eigenvalue weighted by Crippen LogP contribution is -2.39. The SMILES string of the molecule is CC(C)Oc1ccc(C(C)NC(=O)C(C)N)cc1.Cl. The second-order valence-electron chi connectivity index (χ2n) is 4.75. The molecule has 0 saturated carbocycles. The quantitative estimate of drug-likeness (QED) is 0.874. The maximum Gasteiger partial charge on any atom is 0.237 e. The Morgan fingerprint density at radius 1 is 1.16 bits per heavy atom. The maximum atomic E-state index is 11.5. The highest BCUT2D eigenvalue weighted by atomic mass is 35.5. The van der Waals surface area contributed by atoms with Crippen molar-refractivity contribution in [3.8, 4) is 5.75 Å². The summed E-state index contributed by atoms with van der Waals surface area (Å²) in [5, 5.41) is 2.85. The van der Waals surface area contributed by atoms with Crippen LogP contribution in [0.15, 0.2) is 24.3 Å². The Balaban J connectivity index is 0.00000324. The van der Waals surface area contributed by atoms with Crippen LogP contribution < -0.4 is 15.8 Å². The lowest BCUT2D eigenvalue weighted by Gasteiger charge is -2.17. The number of carbonyl (C=O) groups is 1. The summed E-state index contributed by atoms with van der Waals surface area (Å²) in [6.45, 7) is 7.57. The second kappa shape index (κ2) is 8.02. The Kier molecular flexibility index (Phi) is 7.49. The minimum absolute atomic E-state index is 0. The standard InChI is InChI=1S/C14H22N2O2.ClH/c1-9(2)18-13-7-5-12(6-8-13)11(4)16-14(17)10(3)15;/h5-11H,15H2,1-4H3,(H,16,17);1H. The molecule has 0 heterocycles. The highest BCUT2D eigenvalue weighted by Gasteiger charge is 2.12. The zero-order valence-electron chi connectivity index (χ0n) is 11.8. The van der Waals surface area contributed by atoms with Gasteiger partial charge in [0.1, 0.15) is 5.75 Å². The van der Waals surface area contributed by atoms with Crippen molar-refractivity contribution in [2.75, 3.05) is 0 Å². The summed E-state index contributed by atoms with van der Waals surface area (Å²) in [5.41, 5.74) is 6.54. The fourth-order valence-corrected chi connectivity index (χ4v) is 1.54. The molecule has 5 heteroatoms. The van der Waals surface area contributed by atoms with Crippen LogP contribution in [0.5, 0.6) is 5.75 Å². The van der Waals surface area contributed by atoms with Crippen molar-refractivity contribution in [1.82, 2.24) is 5.32 Å². The number of rotatable bonds is 5. The van der Waals surface area contributed by atoms with Gasteiger partial charge in [-0.25, -0.2) is 0 Å². The van der Waals surface area contributed by atoms with Crippen molar-refractivity contribution in [1.29, 1.82) is 0 Å². The van der Waals surface area contributed by atoms with Crippen LogP contribution in [0.2, 0.25) is 0 Å². The lowest BCUT2D eigenvalue weighted by atomic mass is 10.1. The first kappa shape index (κ1) is 17.7. The van der Waals surface area contributed by atoms with E-state index in [0.29, 0.717) is 0 Å². The summed E-state index contributed by atoms with van der Waals surface area (Å²) in [7, 11) is 0. The van der Waals surface area contributed by atoms with Gasteiger partial charge in [-0.05, 0) is 45.4 Å². The molecule has 0 radical (unpaired) electrons. The number of hydrogen-bond donors (Lipinski definition) is 2. The van der Waals surface area contributed by atoms with Crippen molar-refractivity contribution >= 4 is 18.3 Å². The third kappa shape index (κ3) is 5.94. The topological polar surface area (TPSA) is 64.3 Å². The van der Waals surface area contributed by atoms with E-state index in [1.54, 1.807) is 6.92 Å². The summed E-state index contributed by atoms with van der Waals surface area (Å²) in [4.78, 5) is 11.5. The fraction of sp³-hybridized carbons (Fsp3) is 0.500. The van der Waals surface area contributed by atoms with Crippen LogP contribution in [-0.2, 0) is 4.79 Å². The first-order valence-corrected chi connectivity index (χ1v) is 6.22. The monoisotopic (exact) mass is 286 g/mol. The van der Waals surface area contributed by atoms with Crippen LogP contribution in [0.3, 0.4) is 0 Å². The van der Waals surface area contributed by atoms with Gasteiger partial charge in [0.2, 0.25) is 5.91 Å². The van der Waals surface area contributed by atoms with Crippen LogP contribution in [0.4, 0.5) is 0 Å². The van der Waals surface area contributed by atoms with E-state index >= 15 is 0 Å². The molecular formula is C14H23ClN2O2. The number of amides is 1. The van der Waals surface area contributed by atoms with Gasteiger partial charge in [0.25, 0.3) is 0 Å². The maximum absolute atomic E-state index is 11.5. The number of ether oxygens (including phenoxy) is 1. The van der Waals surface area contributed by atoms with Gasteiger partial charge in [0, 0.05) is 0 Å². The zero-order chi connectivity index (χ0) is 13.7. The van der Waals surface area contributed by atoms with Crippen LogP contribution in [-0.4, -0.2) is 18.1 Å². The van der Waals surface area contributed by atoms with Crippen LogP contribution >= 0.6 is 12.4 Å². The van der Waals surface area contributed by atoms with E-state index in [1.165, 1.54) is 0 Å². The third-order valence-electron chi connectivity index (χ3n) is 2.52. The molecule has 2 unspecified atom stereocenters. The molecule has 1 aromatic carbocycles. The molecule has 108 valence electrons. The first-order chi connectivity index (χ1) is 8.40.